The zero-order chi connectivity index (χ0) is 13.1. The van der Waals surface area contributed by atoms with Gasteiger partial charge >= 0.3 is 6.03 Å². The van der Waals surface area contributed by atoms with E-state index in [2.05, 4.69) is 10.2 Å². The Hall–Kier alpha value is -0.810. The molecule has 0 radical (unpaired) electrons. The van der Waals surface area contributed by atoms with Crippen LogP contribution in [-0.4, -0.2) is 67.3 Å². The van der Waals surface area contributed by atoms with E-state index in [1.165, 1.54) is 25.7 Å². The van der Waals surface area contributed by atoms with Gasteiger partial charge in [0.25, 0.3) is 0 Å². The first-order valence-electron chi connectivity index (χ1n) is 7.70. The van der Waals surface area contributed by atoms with E-state index in [1.807, 2.05) is 4.90 Å². The van der Waals surface area contributed by atoms with E-state index in [4.69, 9.17) is 4.74 Å². The fourth-order valence-corrected chi connectivity index (χ4v) is 3.47. The number of carbonyl (C=O) groups is 1. The van der Waals surface area contributed by atoms with E-state index in [0.717, 1.165) is 45.2 Å². The molecule has 2 saturated heterocycles. The highest BCUT2D eigenvalue weighted by Gasteiger charge is 2.28. The van der Waals surface area contributed by atoms with Crippen molar-refractivity contribution in [1.82, 2.24) is 15.1 Å². The summed E-state index contributed by atoms with van der Waals surface area (Å²) in [6.07, 6.45) is 6.42. The van der Waals surface area contributed by atoms with Crippen molar-refractivity contribution < 1.29 is 9.53 Å². The molecule has 19 heavy (non-hydrogen) atoms. The molecule has 5 nitrogen and oxygen atoms in total. The molecule has 0 aromatic heterocycles. The maximum absolute atomic E-state index is 12.1. The Balaban J connectivity index is 1.42. The van der Waals surface area contributed by atoms with Crippen molar-refractivity contribution in [2.75, 3.05) is 39.4 Å². The van der Waals surface area contributed by atoms with E-state index in [9.17, 15) is 4.79 Å². The Morgan fingerprint density at radius 1 is 1.05 bits per heavy atom. The highest BCUT2D eigenvalue weighted by molar-refractivity contribution is 5.74. The zero-order valence-electron chi connectivity index (χ0n) is 11.6. The molecule has 108 valence electrons. The average molecular weight is 267 g/mol. The first kappa shape index (κ1) is 13.2. The number of hydrogen-bond acceptors (Lipinski definition) is 3. The molecule has 0 spiro atoms. The Labute approximate surface area is 115 Å². The molecule has 3 fully saturated rings. The molecule has 5 heteroatoms. The number of carbonyl (C=O) groups excluding carboxylic acids is 1. The molecule has 2 heterocycles. The normalized spacial score (nSPS) is 29.9. The maximum atomic E-state index is 12.1. The molecule has 2 aliphatic heterocycles. The third-order valence-corrected chi connectivity index (χ3v) is 4.70. The largest absolute Gasteiger partial charge is 0.379 e. The second-order valence-corrected chi connectivity index (χ2v) is 5.97. The van der Waals surface area contributed by atoms with Crippen LogP contribution in [-0.2, 0) is 4.74 Å². The SMILES string of the molecule is O=C(NC1CCOC1)N1CCN(C2CCCC2)CC1. The van der Waals surface area contributed by atoms with Gasteiger partial charge in [0.15, 0.2) is 0 Å². The molecule has 3 aliphatic rings. The number of amides is 2. The van der Waals surface area contributed by atoms with Crippen LogP contribution < -0.4 is 5.32 Å². The van der Waals surface area contributed by atoms with Gasteiger partial charge in [-0.05, 0) is 19.3 Å². The van der Waals surface area contributed by atoms with Gasteiger partial charge in [0, 0.05) is 38.8 Å². The minimum atomic E-state index is 0.0987. The number of rotatable bonds is 2. The van der Waals surface area contributed by atoms with Crippen LogP contribution in [0.5, 0.6) is 0 Å². The van der Waals surface area contributed by atoms with Crippen molar-refractivity contribution >= 4 is 6.03 Å². The Bertz CT molecular complexity index is 304. The van der Waals surface area contributed by atoms with E-state index >= 15 is 0 Å². The van der Waals surface area contributed by atoms with Gasteiger partial charge in [0.1, 0.15) is 0 Å². The van der Waals surface area contributed by atoms with Crippen molar-refractivity contribution in [3.63, 3.8) is 0 Å². The monoisotopic (exact) mass is 267 g/mol. The molecule has 1 saturated carbocycles. The summed E-state index contributed by atoms with van der Waals surface area (Å²) in [5, 5.41) is 3.08. The molecule has 1 N–H and O–H groups in total. The first-order valence-corrected chi connectivity index (χ1v) is 7.70. The van der Waals surface area contributed by atoms with Crippen molar-refractivity contribution in [3.8, 4) is 0 Å². The van der Waals surface area contributed by atoms with Gasteiger partial charge in [-0.3, -0.25) is 4.90 Å². The Kier molecular flexibility index (Phi) is 4.23. The molecular weight excluding hydrogens is 242 g/mol. The second kappa shape index (κ2) is 6.09. The van der Waals surface area contributed by atoms with E-state index in [1.54, 1.807) is 0 Å². The second-order valence-electron chi connectivity index (χ2n) is 5.97. The number of hydrogen-bond donors (Lipinski definition) is 1. The van der Waals surface area contributed by atoms with Gasteiger partial charge in [-0.1, -0.05) is 12.8 Å². The van der Waals surface area contributed by atoms with E-state index < -0.39 is 0 Å². The smallest absolute Gasteiger partial charge is 0.317 e. The molecular formula is C14H25N3O2. The van der Waals surface area contributed by atoms with Gasteiger partial charge in [-0.25, -0.2) is 4.79 Å². The van der Waals surface area contributed by atoms with Crippen LogP contribution in [0, 0.1) is 0 Å². The summed E-state index contributed by atoms with van der Waals surface area (Å²) in [4.78, 5) is 16.7. The van der Waals surface area contributed by atoms with Crippen LogP contribution in [0.3, 0.4) is 0 Å². The van der Waals surface area contributed by atoms with Crippen molar-refractivity contribution in [3.05, 3.63) is 0 Å². The average Bonchev–Trinajstić information content (AvgIpc) is 3.12. The summed E-state index contributed by atoms with van der Waals surface area (Å²) >= 11 is 0. The van der Waals surface area contributed by atoms with Gasteiger partial charge in [-0.15, -0.1) is 0 Å². The molecule has 0 aromatic carbocycles. The molecule has 0 bridgehead atoms. The Morgan fingerprint density at radius 2 is 1.79 bits per heavy atom. The van der Waals surface area contributed by atoms with E-state index in [0.29, 0.717) is 6.61 Å². The van der Waals surface area contributed by atoms with Crippen LogP contribution in [0.2, 0.25) is 0 Å². The highest BCUT2D eigenvalue weighted by atomic mass is 16.5. The third kappa shape index (κ3) is 3.20. The van der Waals surface area contributed by atoms with Gasteiger partial charge < -0.3 is 15.0 Å². The van der Waals surface area contributed by atoms with Crippen LogP contribution in [0.15, 0.2) is 0 Å². The lowest BCUT2D eigenvalue weighted by molar-refractivity contribution is 0.108. The van der Waals surface area contributed by atoms with Crippen LogP contribution >= 0.6 is 0 Å². The molecule has 2 amide bonds. The summed E-state index contributed by atoms with van der Waals surface area (Å²) in [5.41, 5.74) is 0. The predicted molar refractivity (Wildman–Crippen MR) is 73.2 cm³/mol. The summed E-state index contributed by atoms with van der Waals surface area (Å²) in [7, 11) is 0. The number of nitrogens with one attached hydrogen (secondary N) is 1. The van der Waals surface area contributed by atoms with Crippen LogP contribution in [0.4, 0.5) is 4.79 Å². The summed E-state index contributed by atoms with van der Waals surface area (Å²) in [5.74, 6) is 0. The van der Waals surface area contributed by atoms with Gasteiger partial charge in [-0.2, -0.15) is 0 Å². The predicted octanol–water partition coefficient (Wildman–Crippen LogP) is 1.05. The minimum Gasteiger partial charge on any atom is -0.379 e. The number of nitrogens with zero attached hydrogens (tertiary/aromatic N) is 2. The van der Waals surface area contributed by atoms with Crippen molar-refractivity contribution in [1.29, 1.82) is 0 Å². The third-order valence-electron chi connectivity index (χ3n) is 4.70. The molecule has 1 aliphatic carbocycles. The standard InChI is InChI=1S/C14H25N3O2/c18-14(15-12-5-10-19-11-12)17-8-6-16(7-9-17)13-3-1-2-4-13/h12-13H,1-11H2,(H,15,18). The summed E-state index contributed by atoms with van der Waals surface area (Å²) in [6, 6.07) is 1.11. The quantitative estimate of drug-likeness (QED) is 0.813. The van der Waals surface area contributed by atoms with E-state index in [-0.39, 0.29) is 12.1 Å². The number of ether oxygens (including phenoxy) is 1. The molecule has 1 atom stereocenters. The molecule has 1 unspecified atom stereocenters. The van der Waals surface area contributed by atoms with Crippen LogP contribution in [0.1, 0.15) is 32.1 Å². The zero-order valence-corrected chi connectivity index (χ0v) is 11.6. The lowest BCUT2D eigenvalue weighted by Gasteiger charge is -2.38. The lowest BCUT2D eigenvalue weighted by atomic mass is 10.2. The highest BCUT2D eigenvalue weighted by Crippen LogP contribution is 2.24. The van der Waals surface area contributed by atoms with Gasteiger partial charge in [0.2, 0.25) is 0 Å². The fourth-order valence-electron chi connectivity index (χ4n) is 3.47. The number of piperazine rings is 1. The summed E-state index contributed by atoms with van der Waals surface area (Å²) < 4.78 is 5.29. The van der Waals surface area contributed by atoms with Gasteiger partial charge in [0.05, 0.1) is 12.6 Å². The van der Waals surface area contributed by atoms with Crippen molar-refractivity contribution in [2.45, 2.75) is 44.2 Å². The first-order chi connectivity index (χ1) is 9.33. The van der Waals surface area contributed by atoms with Crippen LogP contribution in [0.25, 0.3) is 0 Å². The fraction of sp³-hybridized carbons (Fsp3) is 0.929. The number of urea groups is 1. The molecule has 3 rings (SSSR count). The Morgan fingerprint density at radius 3 is 2.42 bits per heavy atom. The minimum absolute atomic E-state index is 0.0987. The molecule has 0 aromatic rings. The van der Waals surface area contributed by atoms with Crippen molar-refractivity contribution in [2.24, 2.45) is 0 Å². The topological polar surface area (TPSA) is 44.8 Å². The maximum Gasteiger partial charge on any atom is 0.317 e. The summed E-state index contributed by atoms with van der Waals surface area (Å²) in [6.45, 7) is 5.28. The lowest BCUT2D eigenvalue weighted by Crippen LogP contribution is -2.55.